The fourth-order valence-electron chi connectivity index (χ4n) is 1.76. The van der Waals surface area contributed by atoms with Crippen molar-refractivity contribution >= 4 is 29.2 Å². The Morgan fingerprint density at radius 1 is 1.53 bits per heavy atom. The number of carbonyl (C=O) groups excluding carboxylic acids is 3. The summed E-state index contributed by atoms with van der Waals surface area (Å²) in [6.45, 7) is 1.77. The van der Waals surface area contributed by atoms with Crippen LogP contribution in [-0.4, -0.2) is 42.9 Å². The molecular weight excluding hydrogens is 250 g/mol. The SMILES string of the molecule is COC(C)=NC(=N)C(=O)NCCC1CC(=O)CC1=O. The Hall–Kier alpha value is -2.05. The van der Waals surface area contributed by atoms with Gasteiger partial charge in [-0.2, -0.15) is 4.99 Å². The molecule has 7 heteroatoms. The van der Waals surface area contributed by atoms with Crippen molar-refractivity contribution in [3.8, 4) is 0 Å². The lowest BCUT2D eigenvalue weighted by molar-refractivity contribution is -0.123. The van der Waals surface area contributed by atoms with Crippen LogP contribution in [0.3, 0.4) is 0 Å². The van der Waals surface area contributed by atoms with Crippen LogP contribution in [0.4, 0.5) is 0 Å². The largest absolute Gasteiger partial charge is 0.484 e. The Morgan fingerprint density at radius 3 is 2.74 bits per heavy atom. The summed E-state index contributed by atoms with van der Waals surface area (Å²) in [5.74, 6) is -1.28. The van der Waals surface area contributed by atoms with Gasteiger partial charge in [0.05, 0.1) is 13.5 Å². The van der Waals surface area contributed by atoms with Gasteiger partial charge < -0.3 is 10.1 Å². The summed E-state index contributed by atoms with van der Waals surface area (Å²) in [6, 6.07) is 0. The molecule has 0 heterocycles. The molecule has 0 radical (unpaired) electrons. The van der Waals surface area contributed by atoms with E-state index in [4.69, 9.17) is 10.1 Å². The van der Waals surface area contributed by atoms with Gasteiger partial charge in [0.2, 0.25) is 5.84 Å². The van der Waals surface area contributed by atoms with Crippen molar-refractivity contribution in [1.82, 2.24) is 5.32 Å². The monoisotopic (exact) mass is 267 g/mol. The molecule has 0 aromatic heterocycles. The molecule has 0 bridgehead atoms. The molecule has 0 aromatic carbocycles. The van der Waals surface area contributed by atoms with Crippen LogP contribution >= 0.6 is 0 Å². The lowest BCUT2D eigenvalue weighted by Gasteiger charge is -2.07. The van der Waals surface area contributed by atoms with E-state index in [0.29, 0.717) is 6.42 Å². The molecule has 1 amide bonds. The fraction of sp³-hybridized carbons (Fsp3) is 0.583. The smallest absolute Gasteiger partial charge is 0.288 e. The number of aliphatic imine (C=N–C) groups is 1. The van der Waals surface area contributed by atoms with Crippen molar-refractivity contribution in [2.24, 2.45) is 10.9 Å². The van der Waals surface area contributed by atoms with Crippen LogP contribution in [0.5, 0.6) is 0 Å². The maximum absolute atomic E-state index is 11.5. The number of nitrogens with one attached hydrogen (secondary N) is 2. The summed E-state index contributed by atoms with van der Waals surface area (Å²) < 4.78 is 4.73. The molecule has 0 aliphatic heterocycles. The topological polar surface area (TPSA) is 109 Å². The summed E-state index contributed by atoms with van der Waals surface area (Å²) in [5, 5.41) is 9.87. The van der Waals surface area contributed by atoms with Crippen LogP contribution in [0, 0.1) is 11.3 Å². The number of ketones is 2. The summed E-state index contributed by atoms with van der Waals surface area (Å²) in [7, 11) is 1.40. The van der Waals surface area contributed by atoms with Gasteiger partial charge in [-0.05, 0) is 6.42 Å². The number of amidine groups is 1. The maximum atomic E-state index is 11.5. The predicted molar refractivity (Wildman–Crippen MR) is 68.2 cm³/mol. The van der Waals surface area contributed by atoms with Crippen LogP contribution in [0.15, 0.2) is 4.99 Å². The van der Waals surface area contributed by atoms with Crippen LogP contribution in [0.1, 0.15) is 26.2 Å². The average Bonchev–Trinajstić information content (AvgIpc) is 2.67. The maximum Gasteiger partial charge on any atom is 0.288 e. The highest BCUT2D eigenvalue weighted by Crippen LogP contribution is 2.20. The quantitative estimate of drug-likeness (QED) is 0.429. The van der Waals surface area contributed by atoms with Crippen LogP contribution in [0.2, 0.25) is 0 Å². The Labute approximate surface area is 110 Å². The third-order valence-electron chi connectivity index (χ3n) is 2.86. The molecule has 1 atom stereocenters. The van der Waals surface area contributed by atoms with Crippen molar-refractivity contribution in [2.75, 3.05) is 13.7 Å². The second-order valence-corrected chi connectivity index (χ2v) is 4.31. The van der Waals surface area contributed by atoms with Gasteiger partial charge in [0.25, 0.3) is 5.91 Å². The molecular formula is C12H17N3O4. The first-order valence-electron chi connectivity index (χ1n) is 5.94. The van der Waals surface area contributed by atoms with Gasteiger partial charge in [-0.3, -0.25) is 19.8 Å². The molecule has 19 heavy (non-hydrogen) atoms. The van der Waals surface area contributed by atoms with Crippen molar-refractivity contribution in [3.05, 3.63) is 0 Å². The van der Waals surface area contributed by atoms with E-state index in [1.807, 2.05) is 0 Å². The minimum Gasteiger partial charge on any atom is -0.484 e. The molecule has 1 saturated carbocycles. The zero-order valence-electron chi connectivity index (χ0n) is 11.0. The zero-order chi connectivity index (χ0) is 14.4. The van der Waals surface area contributed by atoms with Crippen LogP contribution in [0.25, 0.3) is 0 Å². The number of hydrogen-bond acceptors (Lipinski definition) is 5. The van der Waals surface area contributed by atoms with Crippen molar-refractivity contribution < 1.29 is 19.1 Å². The minimum atomic E-state index is -0.631. The van der Waals surface area contributed by atoms with Gasteiger partial charge in [0, 0.05) is 25.8 Å². The molecule has 7 nitrogen and oxygen atoms in total. The number of amides is 1. The van der Waals surface area contributed by atoms with E-state index in [0.717, 1.165) is 0 Å². The van der Waals surface area contributed by atoms with E-state index in [-0.39, 0.29) is 42.8 Å². The molecule has 1 unspecified atom stereocenters. The molecule has 2 N–H and O–H groups in total. The van der Waals surface area contributed by atoms with E-state index >= 15 is 0 Å². The number of ether oxygens (including phenoxy) is 1. The van der Waals surface area contributed by atoms with E-state index in [2.05, 4.69) is 10.3 Å². The number of Topliss-reactive ketones (excluding diaryl/α,β-unsaturated/α-hetero) is 2. The highest BCUT2D eigenvalue weighted by atomic mass is 16.5. The summed E-state index contributed by atoms with van der Waals surface area (Å²) in [5.41, 5.74) is 0. The van der Waals surface area contributed by atoms with Gasteiger partial charge in [-0.1, -0.05) is 0 Å². The third kappa shape index (κ3) is 4.61. The summed E-state index contributed by atoms with van der Waals surface area (Å²) in [6.07, 6.45) is 0.676. The van der Waals surface area contributed by atoms with E-state index < -0.39 is 11.7 Å². The molecule has 0 aromatic rings. The normalized spacial score (nSPS) is 19.5. The number of methoxy groups -OCH3 is 1. The van der Waals surface area contributed by atoms with E-state index in [9.17, 15) is 14.4 Å². The van der Waals surface area contributed by atoms with Crippen LogP contribution < -0.4 is 5.32 Å². The first kappa shape index (κ1) is 15.0. The fourth-order valence-corrected chi connectivity index (χ4v) is 1.76. The number of hydrogen-bond donors (Lipinski definition) is 2. The third-order valence-corrected chi connectivity index (χ3v) is 2.86. The first-order valence-corrected chi connectivity index (χ1v) is 5.94. The summed E-state index contributed by atoms with van der Waals surface area (Å²) >= 11 is 0. The molecule has 104 valence electrons. The summed E-state index contributed by atoms with van der Waals surface area (Å²) in [4.78, 5) is 37.5. The molecule has 1 fully saturated rings. The Balaban J connectivity index is 2.33. The highest BCUT2D eigenvalue weighted by molar-refractivity contribution is 6.38. The Morgan fingerprint density at radius 2 is 2.21 bits per heavy atom. The van der Waals surface area contributed by atoms with Gasteiger partial charge >= 0.3 is 0 Å². The zero-order valence-corrected chi connectivity index (χ0v) is 11.0. The standard InChI is InChI=1S/C12H17N3O4/c1-7(19-2)15-11(13)12(18)14-4-3-8-5-9(16)6-10(8)17/h8,13H,3-6H2,1-2H3,(H,14,18). The minimum absolute atomic E-state index is 0.00571. The Bertz CT molecular complexity index is 442. The van der Waals surface area contributed by atoms with E-state index in [1.165, 1.54) is 14.0 Å². The Kier molecular flexibility index (Phi) is 5.35. The van der Waals surface area contributed by atoms with Crippen LogP contribution in [-0.2, 0) is 19.1 Å². The van der Waals surface area contributed by atoms with Gasteiger partial charge in [0.1, 0.15) is 11.6 Å². The van der Waals surface area contributed by atoms with Gasteiger partial charge in [-0.15, -0.1) is 0 Å². The molecule has 1 aliphatic carbocycles. The molecule has 0 spiro atoms. The second-order valence-electron chi connectivity index (χ2n) is 4.31. The van der Waals surface area contributed by atoms with E-state index in [1.54, 1.807) is 0 Å². The van der Waals surface area contributed by atoms with Gasteiger partial charge in [-0.25, -0.2) is 0 Å². The van der Waals surface area contributed by atoms with Crippen molar-refractivity contribution in [1.29, 1.82) is 5.41 Å². The number of carbonyl (C=O) groups is 3. The van der Waals surface area contributed by atoms with Crippen molar-refractivity contribution in [3.63, 3.8) is 0 Å². The van der Waals surface area contributed by atoms with Crippen molar-refractivity contribution in [2.45, 2.75) is 26.2 Å². The lowest BCUT2D eigenvalue weighted by Crippen LogP contribution is -2.32. The second kappa shape index (κ2) is 6.77. The number of rotatable bonds is 3. The molecule has 1 rings (SSSR count). The lowest BCUT2D eigenvalue weighted by atomic mass is 10.0. The number of nitrogens with zero attached hydrogens (tertiary/aromatic N) is 1. The first-order chi connectivity index (χ1) is 8.93. The van der Waals surface area contributed by atoms with Gasteiger partial charge in [0.15, 0.2) is 5.90 Å². The predicted octanol–water partition coefficient (Wildman–Crippen LogP) is 0.0830. The molecule has 1 aliphatic rings. The average molecular weight is 267 g/mol. The molecule has 0 saturated heterocycles. The highest BCUT2D eigenvalue weighted by Gasteiger charge is 2.30.